The van der Waals surface area contributed by atoms with Crippen LogP contribution in [-0.2, 0) is 4.79 Å². The van der Waals surface area contributed by atoms with E-state index in [4.69, 9.17) is 10.5 Å². The van der Waals surface area contributed by atoms with E-state index in [-0.39, 0.29) is 0 Å². The molecule has 13 heavy (non-hydrogen) atoms. The lowest BCUT2D eigenvalue weighted by Gasteiger charge is -2.02. The molecule has 0 spiro atoms. The number of esters is 1. The predicted octanol–water partition coefficient (Wildman–Crippen LogP) is 1.45. The van der Waals surface area contributed by atoms with Crippen LogP contribution in [0.2, 0.25) is 0 Å². The van der Waals surface area contributed by atoms with Crippen molar-refractivity contribution in [1.29, 1.82) is 0 Å². The van der Waals surface area contributed by atoms with Crippen LogP contribution in [0, 0.1) is 0 Å². The average molecular weight is 177 g/mol. The number of benzene rings is 1. The number of hydrogen-bond acceptors (Lipinski definition) is 3. The first kappa shape index (κ1) is 9.32. The molecule has 0 aliphatic carbocycles. The number of carbonyl (C=O) groups excluding carboxylic acids is 1. The van der Waals surface area contributed by atoms with Gasteiger partial charge in [-0.1, -0.05) is 18.2 Å². The largest absolute Gasteiger partial charge is 0.423 e. The molecule has 0 saturated carbocycles. The van der Waals surface area contributed by atoms with Gasteiger partial charge in [0.1, 0.15) is 5.75 Å². The van der Waals surface area contributed by atoms with E-state index in [1.807, 2.05) is 6.07 Å². The number of hydrogen-bond donors (Lipinski definition) is 1. The molecule has 1 aromatic carbocycles. The fraction of sp³-hybridized carbons (Fsp3) is 0.100. The summed E-state index contributed by atoms with van der Waals surface area (Å²) in [6.45, 7) is 1.60. The first-order valence-corrected chi connectivity index (χ1v) is 3.90. The van der Waals surface area contributed by atoms with Crippen molar-refractivity contribution in [3.8, 4) is 5.75 Å². The van der Waals surface area contributed by atoms with Gasteiger partial charge in [-0.15, -0.1) is 0 Å². The van der Waals surface area contributed by atoms with Crippen LogP contribution in [0.1, 0.15) is 6.92 Å². The molecule has 1 aromatic rings. The third-order valence-electron chi connectivity index (χ3n) is 1.53. The number of rotatable bonds is 2. The molecule has 68 valence electrons. The van der Waals surface area contributed by atoms with E-state index in [9.17, 15) is 4.79 Å². The summed E-state index contributed by atoms with van der Waals surface area (Å²) in [5.41, 5.74) is 5.56. The standard InChI is InChI=1S/C10H11NO2/c1-8(7-11)10(12)13-9-5-3-2-4-6-9/h2-7H,11H2,1H3. The second kappa shape index (κ2) is 4.30. The van der Waals surface area contributed by atoms with Gasteiger partial charge in [0, 0.05) is 11.8 Å². The third kappa shape index (κ3) is 2.63. The lowest BCUT2D eigenvalue weighted by molar-refractivity contribution is -0.130. The molecule has 3 nitrogen and oxygen atoms in total. The van der Waals surface area contributed by atoms with Crippen LogP contribution in [0.4, 0.5) is 0 Å². The maximum Gasteiger partial charge on any atom is 0.340 e. The van der Waals surface area contributed by atoms with Crippen molar-refractivity contribution in [2.24, 2.45) is 5.73 Å². The van der Waals surface area contributed by atoms with Crippen molar-refractivity contribution in [1.82, 2.24) is 0 Å². The number of nitrogens with two attached hydrogens (primary N) is 1. The maximum absolute atomic E-state index is 11.2. The fourth-order valence-corrected chi connectivity index (χ4v) is 0.744. The van der Waals surface area contributed by atoms with Crippen LogP contribution in [0.3, 0.4) is 0 Å². The van der Waals surface area contributed by atoms with E-state index in [0.29, 0.717) is 11.3 Å². The first-order valence-electron chi connectivity index (χ1n) is 3.90. The van der Waals surface area contributed by atoms with Crippen molar-refractivity contribution in [3.63, 3.8) is 0 Å². The van der Waals surface area contributed by atoms with Crippen molar-refractivity contribution >= 4 is 5.97 Å². The molecule has 0 aromatic heterocycles. The van der Waals surface area contributed by atoms with Crippen LogP contribution in [0.15, 0.2) is 42.1 Å². The van der Waals surface area contributed by atoms with Gasteiger partial charge in [-0.05, 0) is 19.1 Å². The SMILES string of the molecule is CC(=CN)C(=O)Oc1ccccc1. The van der Waals surface area contributed by atoms with Crippen LogP contribution in [0.5, 0.6) is 5.75 Å². The molecule has 1 rings (SSSR count). The Bertz CT molecular complexity index is 317. The second-order valence-corrected chi connectivity index (χ2v) is 2.55. The molecule has 0 fully saturated rings. The monoisotopic (exact) mass is 177 g/mol. The molecule has 0 bridgehead atoms. The summed E-state index contributed by atoms with van der Waals surface area (Å²) < 4.78 is 4.98. The Morgan fingerprint density at radius 2 is 2.00 bits per heavy atom. The Morgan fingerprint density at radius 1 is 1.38 bits per heavy atom. The highest BCUT2D eigenvalue weighted by Crippen LogP contribution is 2.10. The zero-order chi connectivity index (χ0) is 9.68. The van der Waals surface area contributed by atoms with E-state index in [0.717, 1.165) is 0 Å². The van der Waals surface area contributed by atoms with Gasteiger partial charge < -0.3 is 10.5 Å². The van der Waals surface area contributed by atoms with Crippen molar-refractivity contribution in [2.75, 3.05) is 0 Å². The molecule has 3 heteroatoms. The Balaban J connectivity index is 2.66. The fourth-order valence-electron chi connectivity index (χ4n) is 0.744. The van der Waals surface area contributed by atoms with Crippen molar-refractivity contribution < 1.29 is 9.53 Å². The minimum atomic E-state index is -0.422. The third-order valence-corrected chi connectivity index (χ3v) is 1.53. The smallest absolute Gasteiger partial charge is 0.340 e. The van der Waals surface area contributed by atoms with Gasteiger partial charge >= 0.3 is 5.97 Å². The van der Waals surface area contributed by atoms with Gasteiger partial charge in [-0.3, -0.25) is 0 Å². The summed E-state index contributed by atoms with van der Waals surface area (Å²) in [5.74, 6) is 0.0994. The highest BCUT2D eigenvalue weighted by molar-refractivity contribution is 5.89. The van der Waals surface area contributed by atoms with Gasteiger partial charge in [-0.2, -0.15) is 0 Å². The normalized spacial score (nSPS) is 11.0. The molecule has 0 radical (unpaired) electrons. The molecule has 0 aliphatic rings. The van der Waals surface area contributed by atoms with Gasteiger partial charge in [0.15, 0.2) is 0 Å². The van der Waals surface area contributed by atoms with E-state index in [1.54, 1.807) is 31.2 Å². The molecular formula is C10H11NO2. The number of carbonyl (C=O) groups is 1. The van der Waals surface area contributed by atoms with E-state index < -0.39 is 5.97 Å². The second-order valence-electron chi connectivity index (χ2n) is 2.55. The van der Waals surface area contributed by atoms with Gasteiger partial charge in [-0.25, -0.2) is 4.79 Å². The lowest BCUT2D eigenvalue weighted by atomic mass is 10.3. The molecule has 0 atom stereocenters. The lowest BCUT2D eigenvalue weighted by Crippen LogP contribution is -2.10. The minimum Gasteiger partial charge on any atom is -0.423 e. The summed E-state index contributed by atoms with van der Waals surface area (Å²) in [6.07, 6.45) is 1.23. The average Bonchev–Trinajstić information content (AvgIpc) is 2.18. The van der Waals surface area contributed by atoms with Crippen LogP contribution in [0.25, 0.3) is 0 Å². The first-order chi connectivity index (χ1) is 6.24. The molecule has 0 heterocycles. The van der Waals surface area contributed by atoms with Gasteiger partial charge in [0.25, 0.3) is 0 Å². The molecule has 0 saturated heterocycles. The quantitative estimate of drug-likeness (QED) is 0.422. The van der Waals surface area contributed by atoms with Gasteiger partial charge in [0.2, 0.25) is 0 Å². The Morgan fingerprint density at radius 3 is 2.54 bits per heavy atom. The highest BCUT2D eigenvalue weighted by atomic mass is 16.5. The summed E-state index contributed by atoms with van der Waals surface area (Å²) in [4.78, 5) is 11.2. The number of para-hydroxylation sites is 1. The van der Waals surface area contributed by atoms with Crippen LogP contribution in [-0.4, -0.2) is 5.97 Å². The van der Waals surface area contributed by atoms with Crippen LogP contribution < -0.4 is 10.5 Å². The van der Waals surface area contributed by atoms with Crippen molar-refractivity contribution in [2.45, 2.75) is 6.92 Å². The van der Waals surface area contributed by atoms with E-state index in [1.165, 1.54) is 6.20 Å². The van der Waals surface area contributed by atoms with E-state index >= 15 is 0 Å². The predicted molar refractivity (Wildman–Crippen MR) is 50.0 cm³/mol. The molecular weight excluding hydrogens is 166 g/mol. The molecule has 0 aliphatic heterocycles. The number of ether oxygens (including phenoxy) is 1. The summed E-state index contributed by atoms with van der Waals surface area (Å²) in [7, 11) is 0. The Hall–Kier alpha value is -1.77. The molecule has 0 amide bonds. The Kier molecular flexibility index (Phi) is 3.09. The summed E-state index contributed by atoms with van der Waals surface area (Å²) >= 11 is 0. The summed E-state index contributed by atoms with van der Waals surface area (Å²) in [5, 5.41) is 0. The zero-order valence-electron chi connectivity index (χ0n) is 7.36. The zero-order valence-corrected chi connectivity index (χ0v) is 7.36. The molecule has 2 N–H and O–H groups in total. The minimum absolute atomic E-state index is 0.392. The van der Waals surface area contributed by atoms with Crippen molar-refractivity contribution in [3.05, 3.63) is 42.1 Å². The molecule has 0 unspecified atom stereocenters. The topological polar surface area (TPSA) is 52.3 Å². The summed E-state index contributed by atoms with van der Waals surface area (Å²) in [6, 6.07) is 8.86. The Labute approximate surface area is 76.8 Å². The van der Waals surface area contributed by atoms with Crippen LogP contribution >= 0.6 is 0 Å². The highest BCUT2D eigenvalue weighted by Gasteiger charge is 2.05. The van der Waals surface area contributed by atoms with E-state index in [2.05, 4.69) is 0 Å². The maximum atomic E-state index is 11.2. The van der Waals surface area contributed by atoms with Gasteiger partial charge in [0.05, 0.1) is 0 Å².